The van der Waals surface area contributed by atoms with Crippen LogP contribution >= 0.6 is 12.2 Å². The Morgan fingerprint density at radius 3 is 2.31 bits per heavy atom. The second kappa shape index (κ2) is 13.4. The number of nitrogens with zero attached hydrogens (tertiary/aromatic N) is 2. The van der Waals surface area contributed by atoms with Crippen molar-refractivity contribution in [3.63, 3.8) is 0 Å². The minimum Gasteiger partial charge on any atom is -0.494 e. The van der Waals surface area contributed by atoms with Crippen molar-refractivity contribution in [2.75, 3.05) is 40.2 Å². The molecule has 3 N–H and O–H groups in total. The molecule has 0 radical (unpaired) electrons. The first kappa shape index (κ1) is 32.7. The number of carboxylic acid groups (broad SMARTS) is 1. The average molecular weight is 615 g/mol. The highest BCUT2D eigenvalue weighted by Gasteiger charge is 2.50. The molecule has 15 heteroatoms. The van der Waals surface area contributed by atoms with Crippen molar-refractivity contribution < 1.29 is 42.2 Å². The molecule has 0 unspecified atom stereocenters. The summed E-state index contributed by atoms with van der Waals surface area (Å²) in [7, 11) is 6.99. The van der Waals surface area contributed by atoms with Gasteiger partial charge in [-0.15, -0.1) is 0 Å². The van der Waals surface area contributed by atoms with Gasteiger partial charge in [0.1, 0.15) is 5.75 Å². The van der Waals surface area contributed by atoms with Crippen LogP contribution in [-0.4, -0.2) is 79.2 Å². The maximum absolute atomic E-state index is 11.1. The summed E-state index contributed by atoms with van der Waals surface area (Å²) in [5, 5.41) is 25.3. The number of likely N-dealkylation sites (tertiary alicyclic amines) is 1. The first-order valence-corrected chi connectivity index (χ1v) is 13.3. The van der Waals surface area contributed by atoms with Gasteiger partial charge < -0.3 is 34.9 Å². The summed E-state index contributed by atoms with van der Waals surface area (Å²) in [5.74, 6) is -0.887. The van der Waals surface area contributed by atoms with Gasteiger partial charge in [-0.25, -0.2) is 4.79 Å². The lowest BCUT2D eigenvalue weighted by atomic mass is 9.65. The molecule has 1 aliphatic heterocycles. The van der Waals surface area contributed by atoms with Crippen molar-refractivity contribution in [3.8, 4) is 17.2 Å². The SMILES string of the molecule is COc1cc([N+](=O)[O-])ccc1NC(=S)N[C@@H]1CC[C@@]2(c3ccc(OC)c(OC)c3)CCN(C)[C@H]2C1.O=C(O)C(F)(F)F. The number of carbonyl (C=O) groups is 1. The number of halogens is 3. The first-order chi connectivity index (χ1) is 19.7. The Kier molecular flexibility index (Phi) is 10.4. The van der Waals surface area contributed by atoms with Crippen molar-refractivity contribution in [3.05, 3.63) is 52.1 Å². The van der Waals surface area contributed by atoms with E-state index in [1.165, 1.54) is 24.8 Å². The topological polar surface area (TPSA) is 135 Å². The smallest absolute Gasteiger partial charge is 0.490 e. The fraction of sp³-hybridized carbons (Fsp3) is 0.481. The van der Waals surface area contributed by atoms with E-state index in [1.54, 1.807) is 20.3 Å². The van der Waals surface area contributed by atoms with E-state index in [4.69, 9.17) is 36.3 Å². The van der Waals surface area contributed by atoms with Crippen LogP contribution in [0.2, 0.25) is 0 Å². The third kappa shape index (κ3) is 7.31. The van der Waals surface area contributed by atoms with Crippen LogP contribution in [0, 0.1) is 10.1 Å². The summed E-state index contributed by atoms with van der Waals surface area (Å²) in [6, 6.07) is 11.3. The number of alkyl halides is 3. The minimum absolute atomic E-state index is 0.0330. The molecule has 42 heavy (non-hydrogen) atoms. The molecule has 1 heterocycles. The summed E-state index contributed by atoms with van der Waals surface area (Å²) >= 11 is 5.58. The Balaban J connectivity index is 0.000000616. The van der Waals surface area contributed by atoms with E-state index in [0.29, 0.717) is 22.6 Å². The Bertz CT molecular complexity index is 1310. The lowest BCUT2D eigenvalue weighted by Gasteiger charge is -2.45. The molecule has 0 amide bonds. The Morgan fingerprint density at radius 2 is 1.74 bits per heavy atom. The molecule has 0 aromatic heterocycles. The van der Waals surface area contributed by atoms with Gasteiger partial charge in [0.25, 0.3) is 5.69 Å². The molecule has 0 bridgehead atoms. The van der Waals surface area contributed by atoms with Crippen molar-refractivity contribution in [1.29, 1.82) is 0 Å². The fourth-order valence-electron chi connectivity index (χ4n) is 5.64. The number of hydrogen-bond acceptors (Lipinski definition) is 8. The highest BCUT2D eigenvalue weighted by Crippen LogP contribution is 2.50. The Labute approximate surface area is 246 Å². The number of nitro groups is 1. The number of carboxylic acids is 1. The third-order valence-electron chi connectivity index (χ3n) is 7.71. The number of aliphatic carboxylic acids is 1. The number of rotatable bonds is 7. The number of nitrogens with one attached hydrogen (secondary N) is 2. The summed E-state index contributed by atoms with van der Waals surface area (Å²) in [5.41, 5.74) is 1.90. The molecule has 2 aromatic carbocycles. The monoisotopic (exact) mass is 614 g/mol. The van der Waals surface area contributed by atoms with Gasteiger partial charge in [0.15, 0.2) is 16.6 Å². The summed E-state index contributed by atoms with van der Waals surface area (Å²) < 4.78 is 48.1. The predicted molar refractivity (Wildman–Crippen MR) is 153 cm³/mol. The van der Waals surface area contributed by atoms with E-state index in [0.717, 1.165) is 43.7 Å². The molecule has 2 fully saturated rings. The molecule has 2 aromatic rings. The van der Waals surface area contributed by atoms with Crippen molar-refractivity contribution >= 4 is 34.7 Å². The van der Waals surface area contributed by atoms with Crippen molar-refractivity contribution in [2.24, 2.45) is 0 Å². The van der Waals surface area contributed by atoms with E-state index in [2.05, 4.69) is 34.7 Å². The number of ether oxygens (including phenoxy) is 3. The number of likely N-dealkylation sites (N-methyl/N-ethyl adjacent to an activating group) is 1. The molecule has 3 atom stereocenters. The predicted octanol–water partition coefficient (Wildman–Crippen LogP) is 4.73. The Morgan fingerprint density at radius 1 is 1.10 bits per heavy atom. The van der Waals surface area contributed by atoms with Gasteiger partial charge in [-0.1, -0.05) is 6.07 Å². The second-order valence-corrected chi connectivity index (χ2v) is 10.4. The first-order valence-electron chi connectivity index (χ1n) is 12.9. The second-order valence-electron chi connectivity index (χ2n) is 9.99. The number of hydrogen-bond donors (Lipinski definition) is 3. The van der Waals surface area contributed by atoms with Gasteiger partial charge in [0, 0.05) is 23.6 Å². The summed E-state index contributed by atoms with van der Waals surface area (Å²) in [6.45, 7) is 1.04. The lowest BCUT2D eigenvalue weighted by Crippen LogP contribution is -2.52. The molecule has 4 rings (SSSR count). The molecular formula is C27H33F3N4O7S. The minimum atomic E-state index is -5.08. The van der Waals surface area contributed by atoms with Crippen LogP contribution in [0.1, 0.15) is 31.2 Å². The zero-order valence-corrected chi connectivity index (χ0v) is 24.3. The number of anilines is 1. The number of methoxy groups -OCH3 is 3. The Hall–Kier alpha value is -3.85. The molecule has 230 valence electrons. The van der Waals surface area contributed by atoms with Gasteiger partial charge in [0.2, 0.25) is 0 Å². The third-order valence-corrected chi connectivity index (χ3v) is 7.93. The number of non-ortho nitro benzene ring substituents is 1. The standard InChI is InChI=1S/C25H32N4O5S.C2HF3O2/c1-28-12-11-25(16-5-8-20(32-2)22(13-16)34-4)10-9-17(14-23(25)28)26-24(35)27-19-7-6-18(29(30)31)15-21(19)33-3;3-2(4,5)1(6)7/h5-8,13,15,17,23H,9-12,14H2,1-4H3,(H2,26,27,35);(H,6,7)/t17-,23+,25+;/m1./s1. The summed E-state index contributed by atoms with van der Waals surface area (Å²) in [4.78, 5) is 21.9. The van der Waals surface area contributed by atoms with Gasteiger partial charge in [-0.2, -0.15) is 13.2 Å². The zero-order chi connectivity index (χ0) is 31.2. The van der Waals surface area contributed by atoms with Crippen LogP contribution in [0.4, 0.5) is 24.5 Å². The van der Waals surface area contributed by atoms with Gasteiger partial charge in [-0.3, -0.25) is 10.1 Å². The van der Waals surface area contributed by atoms with Gasteiger partial charge in [0.05, 0.1) is 38.0 Å². The van der Waals surface area contributed by atoms with Crippen LogP contribution < -0.4 is 24.8 Å². The molecule has 11 nitrogen and oxygen atoms in total. The van der Waals surface area contributed by atoms with Crippen LogP contribution in [0.15, 0.2) is 36.4 Å². The largest absolute Gasteiger partial charge is 0.494 e. The number of nitro benzene ring substituents is 1. The number of fused-ring (bicyclic) bond motifs is 1. The van der Waals surface area contributed by atoms with E-state index in [9.17, 15) is 23.3 Å². The van der Waals surface area contributed by atoms with E-state index in [-0.39, 0.29) is 17.1 Å². The molecule has 2 aliphatic rings. The quantitative estimate of drug-likeness (QED) is 0.227. The highest BCUT2D eigenvalue weighted by molar-refractivity contribution is 7.80. The van der Waals surface area contributed by atoms with Gasteiger partial charge >= 0.3 is 12.1 Å². The number of benzene rings is 2. The van der Waals surface area contributed by atoms with Crippen LogP contribution in [-0.2, 0) is 10.2 Å². The van der Waals surface area contributed by atoms with E-state index in [1.807, 2.05) is 6.07 Å². The zero-order valence-electron chi connectivity index (χ0n) is 23.5. The fourth-order valence-corrected chi connectivity index (χ4v) is 5.91. The maximum atomic E-state index is 11.1. The van der Waals surface area contributed by atoms with Crippen LogP contribution in [0.3, 0.4) is 0 Å². The van der Waals surface area contributed by atoms with Crippen molar-refractivity contribution in [2.45, 2.75) is 49.4 Å². The molecule has 1 aliphatic carbocycles. The molecular weight excluding hydrogens is 581 g/mol. The normalized spacial score (nSPS) is 21.7. The van der Waals surface area contributed by atoms with E-state index < -0.39 is 17.1 Å². The highest BCUT2D eigenvalue weighted by atomic mass is 32.1. The van der Waals surface area contributed by atoms with Crippen LogP contribution in [0.5, 0.6) is 17.2 Å². The van der Waals surface area contributed by atoms with Crippen LogP contribution in [0.25, 0.3) is 0 Å². The molecule has 1 saturated carbocycles. The molecule has 0 spiro atoms. The number of thiocarbonyl (C=S) groups is 1. The maximum Gasteiger partial charge on any atom is 0.490 e. The van der Waals surface area contributed by atoms with Crippen molar-refractivity contribution in [1.82, 2.24) is 10.2 Å². The average Bonchev–Trinajstić information content (AvgIpc) is 3.29. The van der Waals surface area contributed by atoms with Gasteiger partial charge in [-0.05, 0) is 75.3 Å². The lowest BCUT2D eigenvalue weighted by molar-refractivity contribution is -0.384. The van der Waals surface area contributed by atoms with E-state index >= 15 is 0 Å². The molecule has 1 saturated heterocycles. The summed E-state index contributed by atoms with van der Waals surface area (Å²) in [6.07, 6.45) is -1.04.